The SMILES string of the molecule is c1ccc(-c2ccc(N(c3ccccc3)c3ccc4c(c3)[Si]3(c5ccccc5Oc5ccccc53)c3ccccc3-4)cc2)cc1. The third kappa shape index (κ3) is 3.88. The van der Waals surface area contributed by atoms with Gasteiger partial charge in [0.05, 0.1) is 0 Å². The van der Waals surface area contributed by atoms with Crippen molar-refractivity contribution in [2.75, 3.05) is 4.90 Å². The molecule has 0 fully saturated rings. The van der Waals surface area contributed by atoms with E-state index < -0.39 is 8.07 Å². The van der Waals surface area contributed by atoms with Crippen LogP contribution in [0.2, 0.25) is 0 Å². The fourth-order valence-corrected chi connectivity index (χ4v) is 12.8. The maximum atomic E-state index is 6.58. The summed E-state index contributed by atoms with van der Waals surface area (Å²) in [6, 6.07) is 63.7. The van der Waals surface area contributed by atoms with Crippen LogP contribution in [0, 0.1) is 0 Å². The molecular weight excluding hydrogens is 563 g/mol. The van der Waals surface area contributed by atoms with E-state index in [1.54, 1.807) is 0 Å². The van der Waals surface area contributed by atoms with Crippen LogP contribution in [0.3, 0.4) is 0 Å². The smallest absolute Gasteiger partial charge is 0.189 e. The van der Waals surface area contributed by atoms with Crippen LogP contribution in [0.15, 0.2) is 176 Å². The number of nitrogens with zero attached hydrogens (tertiary/aromatic N) is 1. The van der Waals surface area contributed by atoms with Crippen molar-refractivity contribution in [3.8, 4) is 33.8 Å². The summed E-state index contributed by atoms with van der Waals surface area (Å²) in [7, 11) is -2.69. The van der Waals surface area contributed by atoms with Crippen molar-refractivity contribution in [1.82, 2.24) is 0 Å². The van der Waals surface area contributed by atoms with Crippen LogP contribution in [-0.2, 0) is 0 Å². The molecule has 0 saturated heterocycles. The zero-order valence-electron chi connectivity index (χ0n) is 24.6. The van der Waals surface area contributed by atoms with Gasteiger partial charge in [0.15, 0.2) is 8.07 Å². The van der Waals surface area contributed by atoms with Gasteiger partial charge in [-0.3, -0.25) is 0 Å². The highest BCUT2D eigenvalue weighted by Gasteiger charge is 2.53. The molecule has 1 spiro atoms. The summed E-state index contributed by atoms with van der Waals surface area (Å²) in [6.07, 6.45) is 0. The number of hydrogen-bond acceptors (Lipinski definition) is 2. The van der Waals surface area contributed by atoms with Crippen molar-refractivity contribution in [2.45, 2.75) is 0 Å². The van der Waals surface area contributed by atoms with Crippen molar-refractivity contribution < 1.29 is 4.74 Å². The van der Waals surface area contributed by atoms with E-state index in [2.05, 4.69) is 181 Å². The van der Waals surface area contributed by atoms with E-state index in [0.29, 0.717) is 0 Å². The van der Waals surface area contributed by atoms with Crippen molar-refractivity contribution >= 4 is 45.9 Å². The lowest BCUT2D eigenvalue weighted by molar-refractivity contribution is 0.487. The highest BCUT2D eigenvalue weighted by Crippen LogP contribution is 2.40. The highest BCUT2D eigenvalue weighted by atomic mass is 28.3. The Hall–Kier alpha value is -5.64. The van der Waals surface area contributed by atoms with Crippen molar-refractivity contribution in [3.63, 3.8) is 0 Å². The zero-order chi connectivity index (χ0) is 29.8. The summed E-state index contributed by atoms with van der Waals surface area (Å²) >= 11 is 0. The minimum absolute atomic E-state index is 0.965. The Morgan fingerprint density at radius 3 is 1.53 bits per heavy atom. The first-order valence-electron chi connectivity index (χ1n) is 15.4. The second kappa shape index (κ2) is 10.2. The summed E-state index contributed by atoms with van der Waals surface area (Å²) in [5.41, 5.74) is 8.47. The van der Waals surface area contributed by atoms with E-state index >= 15 is 0 Å². The van der Waals surface area contributed by atoms with Gasteiger partial charge in [-0.25, -0.2) is 0 Å². The number of rotatable bonds is 4. The molecule has 0 bridgehead atoms. The lowest BCUT2D eigenvalue weighted by Gasteiger charge is -2.37. The summed E-state index contributed by atoms with van der Waals surface area (Å²) in [5, 5.41) is 5.46. The molecule has 0 saturated carbocycles. The molecule has 0 amide bonds. The molecule has 0 aliphatic carbocycles. The van der Waals surface area contributed by atoms with Gasteiger partial charge in [0, 0.05) is 17.1 Å². The fourth-order valence-electron chi connectivity index (χ4n) is 7.44. The summed E-state index contributed by atoms with van der Waals surface area (Å²) in [4.78, 5) is 2.39. The Kier molecular flexibility index (Phi) is 5.87. The third-order valence-corrected chi connectivity index (χ3v) is 14.2. The molecule has 0 unspecified atom stereocenters. The van der Waals surface area contributed by atoms with Gasteiger partial charge in [-0.1, -0.05) is 127 Å². The van der Waals surface area contributed by atoms with Gasteiger partial charge in [0.25, 0.3) is 0 Å². The molecule has 2 heterocycles. The van der Waals surface area contributed by atoms with Crippen LogP contribution >= 0.6 is 0 Å². The zero-order valence-corrected chi connectivity index (χ0v) is 25.6. The first-order chi connectivity index (χ1) is 22.3. The van der Waals surface area contributed by atoms with Crippen LogP contribution in [0.5, 0.6) is 11.5 Å². The monoisotopic (exact) mass is 591 g/mol. The Labute approximate surface area is 264 Å². The quantitative estimate of drug-likeness (QED) is 0.191. The molecule has 7 aromatic carbocycles. The minimum atomic E-state index is -2.69. The maximum absolute atomic E-state index is 6.58. The fraction of sp³-hybridized carbons (Fsp3) is 0. The summed E-state index contributed by atoms with van der Waals surface area (Å²) < 4.78 is 6.58. The van der Waals surface area contributed by atoms with Gasteiger partial charge in [-0.15, -0.1) is 0 Å². The number of hydrogen-bond donors (Lipinski definition) is 0. The lowest BCUT2D eigenvalue weighted by Crippen LogP contribution is -2.74. The molecule has 212 valence electrons. The van der Waals surface area contributed by atoms with Crippen LogP contribution < -0.4 is 30.4 Å². The third-order valence-electron chi connectivity index (χ3n) is 9.34. The molecule has 0 atom stereocenters. The van der Waals surface area contributed by atoms with E-state index in [0.717, 1.165) is 28.6 Å². The average Bonchev–Trinajstić information content (AvgIpc) is 3.40. The summed E-state index contributed by atoms with van der Waals surface area (Å²) in [6.45, 7) is 0. The molecule has 2 nitrogen and oxygen atoms in total. The molecule has 0 radical (unpaired) electrons. The van der Waals surface area contributed by atoms with Gasteiger partial charge in [-0.2, -0.15) is 0 Å². The molecule has 2 aliphatic heterocycles. The number of para-hydroxylation sites is 3. The van der Waals surface area contributed by atoms with Gasteiger partial charge in [0.2, 0.25) is 0 Å². The Morgan fingerprint density at radius 1 is 0.356 bits per heavy atom. The Balaban J connectivity index is 1.29. The first kappa shape index (κ1) is 25.8. The highest BCUT2D eigenvalue weighted by molar-refractivity contribution is 7.23. The lowest BCUT2D eigenvalue weighted by atomic mass is 10.0. The average molecular weight is 592 g/mol. The van der Waals surface area contributed by atoms with E-state index in [1.165, 1.54) is 43.0 Å². The van der Waals surface area contributed by atoms with Gasteiger partial charge in [-0.05, 0) is 91.5 Å². The topological polar surface area (TPSA) is 12.5 Å². The number of ether oxygens (including phenoxy) is 1. The van der Waals surface area contributed by atoms with Crippen LogP contribution in [0.25, 0.3) is 22.3 Å². The van der Waals surface area contributed by atoms with Crippen LogP contribution in [0.4, 0.5) is 17.1 Å². The predicted molar refractivity (Wildman–Crippen MR) is 189 cm³/mol. The van der Waals surface area contributed by atoms with Crippen molar-refractivity contribution in [3.05, 3.63) is 176 Å². The summed E-state index contributed by atoms with van der Waals surface area (Å²) in [5.74, 6) is 1.93. The maximum Gasteiger partial charge on any atom is 0.189 e. The normalized spacial score (nSPS) is 13.2. The first-order valence-corrected chi connectivity index (χ1v) is 17.4. The Morgan fingerprint density at radius 2 is 0.844 bits per heavy atom. The van der Waals surface area contributed by atoms with E-state index in [9.17, 15) is 0 Å². The van der Waals surface area contributed by atoms with E-state index in [4.69, 9.17) is 4.74 Å². The van der Waals surface area contributed by atoms with Crippen LogP contribution in [-0.4, -0.2) is 8.07 Å². The largest absolute Gasteiger partial charge is 0.458 e. The molecule has 0 N–H and O–H groups in total. The van der Waals surface area contributed by atoms with E-state index in [1.807, 2.05) is 0 Å². The molecule has 7 aromatic rings. The predicted octanol–water partition coefficient (Wildman–Crippen LogP) is 8.29. The molecule has 2 aliphatic rings. The second-order valence-electron chi connectivity index (χ2n) is 11.7. The number of anilines is 3. The number of fused-ring (bicyclic) bond motifs is 9. The molecule has 3 heteroatoms. The standard InChI is InChI=1S/C42H29NOSi/c1-3-13-30(14-4-1)31-23-25-33(26-24-31)43(32-15-5-2-6-16-32)34-27-28-36-35-17-7-10-20-39(35)45(42(36)29-34)40-21-11-8-18-37(40)44-38-19-9-12-22-41(38)45/h1-29H. The second-order valence-corrected chi connectivity index (χ2v) is 15.4. The minimum Gasteiger partial charge on any atom is -0.458 e. The van der Waals surface area contributed by atoms with Gasteiger partial charge in [0.1, 0.15) is 11.5 Å². The molecule has 9 rings (SSSR count). The van der Waals surface area contributed by atoms with Gasteiger partial charge < -0.3 is 9.64 Å². The van der Waals surface area contributed by atoms with E-state index in [-0.39, 0.29) is 0 Å². The Bertz CT molecular complexity index is 2150. The van der Waals surface area contributed by atoms with Crippen molar-refractivity contribution in [1.29, 1.82) is 0 Å². The number of benzene rings is 7. The molecule has 45 heavy (non-hydrogen) atoms. The van der Waals surface area contributed by atoms with Crippen LogP contribution in [0.1, 0.15) is 0 Å². The van der Waals surface area contributed by atoms with Gasteiger partial charge >= 0.3 is 0 Å². The molecule has 0 aromatic heterocycles. The van der Waals surface area contributed by atoms with Crippen molar-refractivity contribution in [2.24, 2.45) is 0 Å². The molecular formula is C42H29NOSi.